The smallest absolute Gasteiger partial charge is 0.123 e. The minimum atomic E-state index is 0.134. The molecule has 0 radical (unpaired) electrons. The highest BCUT2D eigenvalue weighted by atomic mass is 35.5. The van der Waals surface area contributed by atoms with Crippen LogP contribution in [0.2, 0.25) is 5.02 Å². The first-order valence-corrected chi connectivity index (χ1v) is 7.54. The fraction of sp³-hybridized carbons (Fsp3) is 0.294. The molecule has 1 aliphatic rings. The van der Waals surface area contributed by atoms with Gasteiger partial charge >= 0.3 is 0 Å². The molecule has 0 saturated carbocycles. The van der Waals surface area contributed by atoms with E-state index in [2.05, 4.69) is 5.32 Å². The van der Waals surface area contributed by atoms with E-state index in [9.17, 15) is 0 Å². The Hall–Kier alpha value is -1.87. The second kappa shape index (κ2) is 6.27. The maximum atomic E-state index is 6.01. The van der Waals surface area contributed by atoms with E-state index in [1.54, 1.807) is 0 Å². The number of halogens is 1. The number of hydrogen-bond acceptors (Lipinski definition) is 3. The first-order valence-electron chi connectivity index (χ1n) is 7.16. The summed E-state index contributed by atoms with van der Waals surface area (Å²) in [6.07, 6.45) is 1.02. The molecule has 2 aromatic rings. The predicted octanol–water partition coefficient (Wildman–Crippen LogP) is 4.15. The van der Waals surface area contributed by atoms with Crippen molar-refractivity contribution >= 4 is 17.3 Å². The Balaban J connectivity index is 1.58. The third-order valence-corrected chi connectivity index (χ3v) is 3.68. The lowest BCUT2D eigenvalue weighted by Gasteiger charge is -2.13. The van der Waals surface area contributed by atoms with Gasteiger partial charge in [0.1, 0.15) is 17.6 Å². The van der Waals surface area contributed by atoms with Crippen LogP contribution in [-0.4, -0.2) is 19.3 Å². The highest BCUT2D eigenvalue weighted by Crippen LogP contribution is 2.31. The molecule has 21 heavy (non-hydrogen) atoms. The molecule has 1 unspecified atom stereocenters. The van der Waals surface area contributed by atoms with Gasteiger partial charge in [-0.2, -0.15) is 0 Å². The Bertz CT molecular complexity index is 630. The predicted molar refractivity (Wildman–Crippen MR) is 85.7 cm³/mol. The lowest BCUT2D eigenvalue weighted by molar-refractivity contribution is 0.246. The first-order chi connectivity index (χ1) is 10.2. The zero-order chi connectivity index (χ0) is 14.7. The van der Waals surface area contributed by atoms with Crippen molar-refractivity contribution in [3.63, 3.8) is 0 Å². The van der Waals surface area contributed by atoms with E-state index in [0.717, 1.165) is 35.2 Å². The summed E-state index contributed by atoms with van der Waals surface area (Å²) < 4.78 is 11.4. The van der Waals surface area contributed by atoms with E-state index in [4.69, 9.17) is 21.1 Å². The van der Waals surface area contributed by atoms with Gasteiger partial charge in [-0.25, -0.2) is 0 Å². The summed E-state index contributed by atoms with van der Waals surface area (Å²) in [5, 5.41) is 4.16. The van der Waals surface area contributed by atoms with E-state index in [0.29, 0.717) is 6.61 Å². The van der Waals surface area contributed by atoms with Crippen LogP contribution in [-0.2, 0) is 6.42 Å². The Morgan fingerprint density at radius 2 is 2.19 bits per heavy atom. The summed E-state index contributed by atoms with van der Waals surface area (Å²) in [6, 6.07) is 13.8. The van der Waals surface area contributed by atoms with Crippen molar-refractivity contribution in [1.82, 2.24) is 0 Å². The van der Waals surface area contributed by atoms with E-state index < -0.39 is 0 Å². The molecule has 0 spiro atoms. The molecule has 0 fully saturated rings. The van der Waals surface area contributed by atoms with Crippen molar-refractivity contribution in [3.05, 3.63) is 53.1 Å². The van der Waals surface area contributed by atoms with Crippen molar-refractivity contribution in [3.8, 4) is 11.5 Å². The minimum Gasteiger partial charge on any atom is -0.494 e. The standard InChI is InChI=1S/C17H18ClNO2/c1-2-20-15-5-3-4-14(10-15)19-11-16-9-12-8-13(18)6-7-17(12)21-16/h3-8,10,16,19H,2,9,11H2,1H3. The second-order valence-electron chi connectivity index (χ2n) is 5.04. The van der Waals surface area contributed by atoms with Crippen molar-refractivity contribution in [2.45, 2.75) is 19.4 Å². The third kappa shape index (κ3) is 3.42. The van der Waals surface area contributed by atoms with Crippen LogP contribution < -0.4 is 14.8 Å². The Kier molecular flexibility index (Phi) is 4.20. The van der Waals surface area contributed by atoms with Gasteiger partial charge in [-0.3, -0.25) is 0 Å². The van der Waals surface area contributed by atoms with Gasteiger partial charge in [0.15, 0.2) is 0 Å². The van der Waals surface area contributed by atoms with Crippen LogP contribution in [0.3, 0.4) is 0 Å². The topological polar surface area (TPSA) is 30.5 Å². The molecule has 0 aromatic heterocycles. The molecule has 1 atom stereocenters. The van der Waals surface area contributed by atoms with Crippen LogP contribution in [0.25, 0.3) is 0 Å². The molecule has 110 valence electrons. The monoisotopic (exact) mass is 303 g/mol. The van der Waals surface area contributed by atoms with Gasteiger partial charge in [0, 0.05) is 23.2 Å². The van der Waals surface area contributed by atoms with Gasteiger partial charge in [0.05, 0.1) is 13.2 Å². The molecule has 3 nitrogen and oxygen atoms in total. The average molecular weight is 304 g/mol. The summed E-state index contributed by atoms with van der Waals surface area (Å²) in [5.41, 5.74) is 2.22. The normalized spacial score (nSPS) is 16.2. The average Bonchev–Trinajstić information content (AvgIpc) is 2.88. The van der Waals surface area contributed by atoms with Gasteiger partial charge in [0.2, 0.25) is 0 Å². The Morgan fingerprint density at radius 3 is 3.05 bits per heavy atom. The summed E-state index contributed by atoms with van der Waals surface area (Å²) in [5.74, 6) is 1.82. The molecule has 1 aliphatic heterocycles. The number of benzene rings is 2. The zero-order valence-corrected chi connectivity index (χ0v) is 12.7. The summed E-state index contributed by atoms with van der Waals surface area (Å²) in [6.45, 7) is 3.40. The second-order valence-corrected chi connectivity index (χ2v) is 5.47. The summed E-state index contributed by atoms with van der Waals surface area (Å²) in [4.78, 5) is 0. The molecule has 0 saturated heterocycles. The van der Waals surface area contributed by atoms with Crippen molar-refractivity contribution in [2.75, 3.05) is 18.5 Å². The highest BCUT2D eigenvalue weighted by molar-refractivity contribution is 6.30. The van der Waals surface area contributed by atoms with Crippen LogP contribution in [0.5, 0.6) is 11.5 Å². The van der Waals surface area contributed by atoms with Gasteiger partial charge in [0.25, 0.3) is 0 Å². The zero-order valence-electron chi connectivity index (χ0n) is 11.9. The van der Waals surface area contributed by atoms with Crippen LogP contribution in [0.1, 0.15) is 12.5 Å². The number of fused-ring (bicyclic) bond motifs is 1. The number of nitrogens with one attached hydrogen (secondary N) is 1. The SMILES string of the molecule is CCOc1cccc(NCC2Cc3cc(Cl)ccc3O2)c1. The fourth-order valence-electron chi connectivity index (χ4n) is 2.50. The van der Waals surface area contributed by atoms with Crippen molar-refractivity contribution in [2.24, 2.45) is 0 Å². The van der Waals surface area contributed by atoms with Gasteiger partial charge in [-0.15, -0.1) is 0 Å². The molecular formula is C17H18ClNO2. The first kappa shape index (κ1) is 14.1. The lowest BCUT2D eigenvalue weighted by atomic mass is 10.1. The number of hydrogen-bond donors (Lipinski definition) is 1. The Labute approximate surface area is 129 Å². The van der Waals surface area contributed by atoms with E-state index in [1.165, 1.54) is 5.56 Å². The van der Waals surface area contributed by atoms with Crippen LogP contribution in [0, 0.1) is 0 Å². The molecule has 2 aromatic carbocycles. The fourth-order valence-corrected chi connectivity index (χ4v) is 2.69. The van der Waals surface area contributed by atoms with E-state index >= 15 is 0 Å². The largest absolute Gasteiger partial charge is 0.494 e. The number of anilines is 1. The van der Waals surface area contributed by atoms with Gasteiger partial charge < -0.3 is 14.8 Å². The van der Waals surface area contributed by atoms with Crippen LogP contribution in [0.15, 0.2) is 42.5 Å². The molecule has 0 bridgehead atoms. The van der Waals surface area contributed by atoms with Crippen LogP contribution >= 0.6 is 11.6 Å². The number of ether oxygens (including phenoxy) is 2. The van der Waals surface area contributed by atoms with E-state index in [-0.39, 0.29) is 6.10 Å². The lowest BCUT2D eigenvalue weighted by Crippen LogP contribution is -2.23. The van der Waals surface area contributed by atoms with Crippen molar-refractivity contribution in [1.29, 1.82) is 0 Å². The maximum Gasteiger partial charge on any atom is 0.123 e. The molecule has 1 N–H and O–H groups in total. The molecular weight excluding hydrogens is 286 g/mol. The number of rotatable bonds is 5. The summed E-state index contributed by atoms with van der Waals surface area (Å²) in [7, 11) is 0. The van der Waals surface area contributed by atoms with E-state index in [1.807, 2.05) is 49.4 Å². The Morgan fingerprint density at radius 1 is 1.29 bits per heavy atom. The molecule has 0 amide bonds. The molecule has 0 aliphatic carbocycles. The third-order valence-electron chi connectivity index (χ3n) is 3.44. The molecule has 3 rings (SSSR count). The molecule has 4 heteroatoms. The molecule has 1 heterocycles. The minimum absolute atomic E-state index is 0.134. The van der Waals surface area contributed by atoms with Crippen LogP contribution in [0.4, 0.5) is 5.69 Å². The van der Waals surface area contributed by atoms with Crippen molar-refractivity contribution < 1.29 is 9.47 Å². The van der Waals surface area contributed by atoms with Gasteiger partial charge in [-0.1, -0.05) is 17.7 Å². The maximum absolute atomic E-state index is 6.01. The quantitative estimate of drug-likeness (QED) is 0.900. The van der Waals surface area contributed by atoms with Gasteiger partial charge in [-0.05, 0) is 42.8 Å². The highest BCUT2D eigenvalue weighted by Gasteiger charge is 2.22. The summed E-state index contributed by atoms with van der Waals surface area (Å²) >= 11 is 6.01.